The molecule has 0 bridgehead atoms. The third-order valence-electron chi connectivity index (χ3n) is 8.67. The zero-order chi connectivity index (χ0) is 37.9. The lowest BCUT2D eigenvalue weighted by Gasteiger charge is -2.08. The lowest BCUT2D eigenvalue weighted by Crippen LogP contribution is -2.00. The van der Waals surface area contributed by atoms with Crippen LogP contribution in [0.3, 0.4) is 0 Å². The molecule has 7 rings (SSSR count). The molecule has 0 saturated carbocycles. The van der Waals surface area contributed by atoms with E-state index in [2.05, 4.69) is 0 Å². The van der Waals surface area contributed by atoms with Crippen LogP contribution in [-0.2, 0) is 0 Å². The summed E-state index contributed by atoms with van der Waals surface area (Å²) in [4.78, 5) is 25.0. The molecular formula is C48H40O6. The molecule has 7 aromatic rings. The first kappa shape index (κ1) is 36.9. The summed E-state index contributed by atoms with van der Waals surface area (Å²) in [6.45, 7) is 4.00. The van der Waals surface area contributed by atoms with E-state index in [1.165, 1.54) is 0 Å². The van der Waals surface area contributed by atoms with Gasteiger partial charge in [0.1, 0.15) is 34.5 Å². The fraction of sp³-hybridized carbons (Fsp3) is 0.0833. The maximum absolute atomic E-state index is 12.6. The molecule has 6 heteroatoms. The Labute approximate surface area is 316 Å². The van der Waals surface area contributed by atoms with Crippen LogP contribution in [0.5, 0.6) is 34.5 Å². The van der Waals surface area contributed by atoms with Gasteiger partial charge in [0, 0.05) is 22.3 Å². The van der Waals surface area contributed by atoms with Crippen molar-refractivity contribution in [2.24, 2.45) is 0 Å². The molecule has 0 aliphatic rings. The monoisotopic (exact) mass is 712 g/mol. The van der Waals surface area contributed by atoms with Gasteiger partial charge in [0.2, 0.25) is 0 Å². The van der Waals surface area contributed by atoms with Gasteiger partial charge in [0.15, 0.2) is 11.6 Å². The van der Waals surface area contributed by atoms with Crippen LogP contribution in [0, 0.1) is 13.8 Å². The molecule has 0 atom stereocenters. The average Bonchev–Trinajstić information content (AvgIpc) is 3.22. The third kappa shape index (κ3) is 9.69. The second kappa shape index (κ2) is 17.5. The molecule has 0 heterocycles. The first-order chi connectivity index (χ1) is 26.3. The van der Waals surface area contributed by atoms with Crippen LogP contribution in [0.15, 0.2) is 170 Å². The minimum Gasteiger partial charge on any atom is -0.497 e. The van der Waals surface area contributed by atoms with Gasteiger partial charge in [-0.25, -0.2) is 0 Å². The van der Waals surface area contributed by atoms with Crippen molar-refractivity contribution in [1.29, 1.82) is 0 Å². The Morgan fingerprint density at radius 1 is 0.315 bits per heavy atom. The van der Waals surface area contributed by atoms with Crippen molar-refractivity contribution < 1.29 is 28.5 Å². The van der Waals surface area contributed by atoms with Crippen LogP contribution in [0.2, 0.25) is 0 Å². The van der Waals surface area contributed by atoms with Gasteiger partial charge in [-0.2, -0.15) is 0 Å². The van der Waals surface area contributed by atoms with Gasteiger partial charge >= 0.3 is 0 Å². The molecule has 268 valence electrons. The Hall–Kier alpha value is -6.92. The predicted octanol–water partition coefficient (Wildman–Crippen LogP) is 11.7. The predicted molar refractivity (Wildman–Crippen MR) is 214 cm³/mol. The quantitative estimate of drug-likeness (QED) is 0.124. The number of benzene rings is 7. The largest absolute Gasteiger partial charge is 0.497 e. The standard InChI is InChI=1S/C27H22O3.C21H18O3/c1-19-3-5-22(6-4-19)27(28)23-11-17-26(18-12-23)30-25-15-9-21(10-16-25)20-7-13-24(29-2)14-8-20;1-15-3-5-16(6-4-15)21(22)17-7-9-19(10-8-17)24-20-13-11-18(23-2)12-14-20/h3-18H,1-2H3;3-14H,1-2H3. The van der Waals surface area contributed by atoms with Crippen LogP contribution in [0.1, 0.15) is 43.0 Å². The average molecular weight is 713 g/mol. The summed E-state index contributed by atoms with van der Waals surface area (Å²) in [7, 11) is 3.28. The van der Waals surface area contributed by atoms with Crippen molar-refractivity contribution in [1.82, 2.24) is 0 Å². The SMILES string of the molecule is COc1ccc(-c2ccc(Oc3ccc(C(=O)c4ccc(C)cc4)cc3)cc2)cc1.COc1ccc(Oc2ccc(C(=O)c3ccc(C)cc3)cc2)cc1. The molecule has 0 radical (unpaired) electrons. The van der Waals surface area contributed by atoms with Crippen molar-refractivity contribution in [2.45, 2.75) is 13.8 Å². The number of methoxy groups -OCH3 is 2. The molecule has 54 heavy (non-hydrogen) atoms. The number of aryl methyl sites for hydroxylation is 2. The van der Waals surface area contributed by atoms with E-state index in [4.69, 9.17) is 18.9 Å². The molecule has 6 nitrogen and oxygen atoms in total. The van der Waals surface area contributed by atoms with Gasteiger partial charge < -0.3 is 18.9 Å². The van der Waals surface area contributed by atoms with Crippen LogP contribution in [0.25, 0.3) is 11.1 Å². The van der Waals surface area contributed by atoms with Gasteiger partial charge in [0.05, 0.1) is 14.2 Å². The second-order valence-electron chi connectivity index (χ2n) is 12.6. The Morgan fingerprint density at radius 3 is 0.833 bits per heavy atom. The summed E-state index contributed by atoms with van der Waals surface area (Å²) in [5.74, 6) is 4.45. The van der Waals surface area contributed by atoms with Gasteiger partial charge in [-0.05, 0) is 122 Å². The van der Waals surface area contributed by atoms with E-state index in [1.54, 1.807) is 50.6 Å². The van der Waals surface area contributed by atoms with Crippen molar-refractivity contribution in [3.63, 3.8) is 0 Å². The lowest BCUT2D eigenvalue weighted by atomic mass is 10.0. The molecule has 0 aliphatic heterocycles. The summed E-state index contributed by atoms with van der Waals surface area (Å²) in [6, 6.07) is 52.7. The van der Waals surface area contributed by atoms with Crippen molar-refractivity contribution in [3.05, 3.63) is 203 Å². The topological polar surface area (TPSA) is 71.1 Å². The molecule has 0 N–H and O–H groups in total. The summed E-state index contributed by atoms with van der Waals surface area (Å²) in [6.07, 6.45) is 0. The maximum atomic E-state index is 12.6. The molecule has 0 amide bonds. The highest BCUT2D eigenvalue weighted by Crippen LogP contribution is 2.28. The van der Waals surface area contributed by atoms with Crippen molar-refractivity contribution in [3.8, 4) is 45.6 Å². The number of ketones is 2. The third-order valence-corrected chi connectivity index (χ3v) is 8.67. The number of ether oxygens (including phenoxy) is 4. The van der Waals surface area contributed by atoms with Crippen LogP contribution in [-0.4, -0.2) is 25.8 Å². The van der Waals surface area contributed by atoms with Gasteiger partial charge in [-0.3, -0.25) is 9.59 Å². The van der Waals surface area contributed by atoms with Crippen LogP contribution in [0.4, 0.5) is 0 Å². The highest BCUT2D eigenvalue weighted by atomic mass is 16.5. The number of hydrogen-bond donors (Lipinski definition) is 0. The number of hydrogen-bond acceptors (Lipinski definition) is 6. The Morgan fingerprint density at radius 2 is 0.537 bits per heavy atom. The van der Waals surface area contributed by atoms with E-state index < -0.39 is 0 Å². The second-order valence-corrected chi connectivity index (χ2v) is 12.6. The van der Waals surface area contributed by atoms with E-state index in [9.17, 15) is 9.59 Å². The van der Waals surface area contributed by atoms with Gasteiger partial charge in [0.25, 0.3) is 0 Å². The normalized spacial score (nSPS) is 10.4. The zero-order valence-electron chi connectivity index (χ0n) is 30.6. The van der Waals surface area contributed by atoms with Crippen LogP contribution < -0.4 is 18.9 Å². The maximum Gasteiger partial charge on any atom is 0.193 e. The number of carbonyl (C=O) groups is 2. The van der Waals surface area contributed by atoms with E-state index in [1.807, 2.05) is 147 Å². The summed E-state index contributed by atoms with van der Waals surface area (Å²) in [5, 5.41) is 0. The Balaban J connectivity index is 0.000000189. The van der Waals surface area contributed by atoms with Gasteiger partial charge in [-0.15, -0.1) is 0 Å². The number of rotatable bonds is 11. The summed E-state index contributed by atoms with van der Waals surface area (Å²) >= 11 is 0. The molecule has 0 fully saturated rings. The summed E-state index contributed by atoms with van der Waals surface area (Å²) in [5.41, 5.74) is 7.13. The van der Waals surface area contributed by atoms with E-state index >= 15 is 0 Å². The van der Waals surface area contributed by atoms with Crippen LogP contribution >= 0.6 is 0 Å². The Bertz CT molecular complexity index is 2270. The van der Waals surface area contributed by atoms with Crippen molar-refractivity contribution >= 4 is 11.6 Å². The molecule has 0 aromatic heterocycles. The highest BCUT2D eigenvalue weighted by Gasteiger charge is 2.11. The molecule has 0 saturated heterocycles. The molecule has 7 aromatic carbocycles. The first-order valence-electron chi connectivity index (χ1n) is 17.4. The number of carbonyl (C=O) groups excluding carboxylic acids is 2. The Kier molecular flexibility index (Phi) is 12.0. The fourth-order valence-corrected chi connectivity index (χ4v) is 5.51. The molecule has 0 unspecified atom stereocenters. The minimum atomic E-state index is 0.00499. The van der Waals surface area contributed by atoms with E-state index in [0.29, 0.717) is 39.5 Å². The zero-order valence-corrected chi connectivity index (χ0v) is 30.6. The molecule has 0 aliphatic carbocycles. The first-order valence-corrected chi connectivity index (χ1v) is 17.4. The van der Waals surface area contributed by atoms with E-state index in [-0.39, 0.29) is 11.6 Å². The fourth-order valence-electron chi connectivity index (χ4n) is 5.51. The van der Waals surface area contributed by atoms with Crippen molar-refractivity contribution in [2.75, 3.05) is 14.2 Å². The van der Waals surface area contributed by atoms with Gasteiger partial charge in [-0.1, -0.05) is 83.9 Å². The highest BCUT2D eigenvalue weighted by molar-refractivity contribution is 6.09. The molecular weight excluding hydrogens is 673 g/mol. The van der Waals surface area contributed by atoms with E-state index in [0.717, 1.165) is 39.5 Å². The lowest BCUT2D eigenvalue weighted by molar-refractivity contribution is 0.103. The smallest absolute Gasteiger partial charge is 0.193 e. The molecule has 0 spiro atoms. The minimum absolute atomic E-state index is 0.00499. The summed E-state index contributed by atoms with van der Waals surface area (Å²) < 4.78 is 22.0.